The molecule has 0 N–H and O–H groups in total. The van der Waals surface area contributed by atoms with Crippen LogP contribution in [0.2, 0.25) is 0 Å². The van der Waals surface area contributed by atoms with Crippen molar-refractivity contribution in [1.82, 2.24) is 9.78 Å². The van der Waals surface area contributed by atoms with Crippen LogP contribution in [0, 0.1) is 4.91 Å². The topological polar surface area (TPSA) is 82.8 Å². The van der Waals surface area contributed by atoms with Crippen LogP contribution < -0.4 is 0 Å². The van der Waals surface area contributed by atoms with Gasteiger partial charge in [0.25, 0.3) is 0 Å². The van der Waals surface area contributed by atoms with Crippen LogP contribution in [0.4, 0.5) is 0 Å². The SMILES string of the molecule is COC(=O)c1cc(CN=O)nn1C1CCCCO1. The summed E-state index contributed by atoms with van der Waals surface area (Å²) in [5, 5.41) is 6.96. The molecule has 2 heterocycles. The summed E-state index contributed by atoms with van der Waals surface area (Å²) in [4.78, 5) is 21.9. The van der Waals surface area contributed by atoms with Gasteiger partial charge in [0.15, 0.2) is 6.23 Å². The van der Waals surface area contributed by atoms with Gasteiger partial charge in [-0.05, 0) is 25.3 Å². The van der Waals surface area contributed by atoms with Gasteiger partial charge in [-0.2, -0.15) is 10.0 Å². The molecule has 0 spiro atoms. The Balaban J connectivity index is 2.29. The Morgan fingerprint density at radius 3 is 3.11 bits per heavy atom. The second-order valence-electron chi connectivity index (χ2n) is 4.07. The zero-order valence-electron chi connectivity index (χ0n) is 10.2. The number of methoxy groups -OCH3 is 1. The second kappa shape index (κ2) is 5.72. The van der Waals surface area contributed by atoms with Gasteiger partial charge in [-0.25, -0.2) is 9.48 Å². The van der Waals surface area contributed by atoms with Crippen molar-refractivity contribution in [2.45, 2.75) is 32.0 Å². The van der Waals surface area contributed by atoms with Gasteiger partial charge in [0.1, 0.15) is 12.2 Å². The predicted molar refractivity (Wildman–Crippen MR) is 61.9 cm³/mol. The number of carbonyl (C=O) groups excluding carboxylic acids is 1. The summed E-state index contributed by atoms with van der Waals surface area (Å²) in [5.74, 6) is -0.492. The fourth-order valence-electron chi connectivity index (χ4n) is 1.98. The fourth-order valence-corrected chi connectivity index (χ4v) is 1.98. The lowest BCUT2D eigenvalue weighted by Crippen LogP contribution is -2.23. The maximum atomic E-state index is 11.6. The monoisotopic (exact) mass is 253 g/mol. The molecule has 1 aromatic heterocycles. The largest absolute Gasteiger partial charge is 0.464 e. The van der Waals surface area contributed by atoms with E-state index < -0.39 is 5.97 Å². The first-order chi connectivity index (χ1) is 8.76. The molecule has 1 aliphatic heterocycles. The maximum absolute atomic E-state index is 11.6. The van der Waals surface area contributed by atoms with E-state index in [1.807, 2.05) is 0 Å². The first kappa shape index (κ1) is 12.7. The molecular formula is C11H15N3O4. The average molecular weight is 253 g/mol. The third-order valence-electron chi connectivity index (χ3n) is 2.84. The van der Waals surface area contributed by atoms with E-state index in [4.69, 9.17) is 9.47 Å². The van der Waals surface area contributed by atoms with Gasteiger partial charge in [-0.3, -0.25) is 0 Å². The van der Waals surface area contributed by atoms with Crippen LogP contribution in [0.5, 0.6) is 0 Å². The van der Waals surface area contributed by atoms with E-state index in [1.165, 1.54) is 17.9 Å². The predicted octanol–water partition coefficient (Wildman–Crippen LogP) is 1.64. The van der Waals surface area contributed by atoms with E-state index in [0.29, 0.717) is 18.0 Å². The first-order valence-corrected chi connectivity index (χ1v) is 5.83. The molecule has 18 heavy (non-hydrogen) atoms. The van der Waals surface area contributed by atoms with Crippen LogP contribution in [0.15, 0.2) is 11.2 Å². The van der Waals surface area contributed by atoms with Crippen molar-refractivity contribution in [2.75, 3.05) is 13.7 Å². The standard InChI is InChI=1S/C11H15N3O4/c1-17-11(15)9-6-8(7-12-16)13-14(9)10-4-2-3-5-18-10/h6,10H,2-5,7H2,1H3. The number of esters is 1. The van der Waals surface area contributed by atoms with Crippen LogP contribution in [-0.4, -0.2) is 29.5 Å². The molecule has 1 aromatic rings. The van der Waals surface area contributed by atoms with Gasteiger partial charge in [-0.1, -0.05) is 5.18 Å². The molecular weight excluding hydrogens is 238 g/mol. The molecule has 0 aromatic carbocycles. The molecule has 0 aliphatic carbocycles. The van der Waals surface area contributed by atoms with E-state index in [-0.39, 0.29) is 12.8 Å². The Bertz CT molecular complexity index is 437. The molecule has 7 heteroatoms. The van der Waals surface area contributed by atoms with Gasteiger partial charge in [0.2, 0.25) is 0 Å². The number of ether oxygens (including phenoxy) is 2. The third-order valence-corrected chi connectivity index (χ3v) is 2.84. The normalized spacial score (nSPS) is 19.5. The zero-order valence-corrected chi connectivity index (χ0v) is 10.2. The van der Waals surface area contributed by atoms with Crippen LogP contribution >= 0.6 is 0 Å². The summed E-state index contributed by atoms with van der Waals surface area (Å²) >= 11 is 0. The molecule has 2 rings (SSSR count). The van der Waals surface area contributed by atoms with Gasteiger partial charge in [-0.15, -0.1) is 0 Å². The Labute approximate surface area is 104 Å². The minimum absolute atomic E-state index is 0.0658. The highest BCUT2D eigenvalue weighted by atomic mass is 16.5. The van der Waals surface area contributed by atoms with Crippen molar-refractivity contribution < 1.29 is 14.3 Å². The van der Waals surface area contributed by atoms with Crippen LogP contribution in [0.3, 0.4) is 0 Å². The molecule has 1 aliphatic rings. The Kier molecular flexibility index (Phi) is 4.03. The summed E-state index contributed by atoms with van der Waals surface area (Å²) in [5.41, 5.74) is 0.739. The minimum Gasteiger partial charge on any atom is -0.464 e. The number of hydrogen-bond acceptors (Lipinski definition) is 6. The number of carbonyl (C=O) groups is 1. The quantitative estimate of drug-likeness (QED) is 0.601. The fraction of sp³-hybridized carbons (Fsp3) is 0.636. The van der Waals surface area contributed by atoms with E-state index in [9.17, 15) is 9.70 Å². The van der Waals surface area contributed by atoms with Gasteiger partial charge < -0.3 is 9.47 Å². The molecule has 1 atom stereocenters. The highest BCUT2D eigenvalue weighted by Crippen LogP contribution is 2.24. The van der Waals surface area contributed by atoms with Crippen molar-refractivity contribution in [1.29, 1.82) is 0 Å². The Hall–Kier alpha value is -1.76. The van der Waals surface area contributed by atoms with Crippen molar-refractivity contribution >= 4 is 5.97 Å². The number of rotatable bonds is 4. The van der Waals surface area contributed by atoms with Crippen molar-refractivity contribution in [3.8, 4) is 0 Å². The molecule has 0 saturated carbocycles. The van der Waals surface area contributed by atoms with Gasteiger partial charge in [0.05, 0.1) is 12.8 Å². The number of nitrogens with zero attached hydrogens (tertiary/aromatic N) is 3. The maximum Gasteiger partial charge on any atom is 0.356 e. The molecule has 1 unspecified atom stereocenters. The lowest BCUT2D eigenvalue weighted by molar-refractivity contribution is -0.0416. The molecule has 0 amide bonds. The third kappa shape index (κ3) is 2.56. The minimum atomic E-state index is -0.492. The summed E-state index contributed by atoms with van der Waals surface area (Å²) in [6, 6.07) is 1.52. The zero-order chi connectivity index (χ0) is 13.0. The molecule has 0 bridgehead atoms. The van der Waals surface area contributed by atoms with Crippen molar-refractivity contribution in [2.24, 2.45) is 5.18 Å². The van der Waals surface area contributed by atoms with Crippen LogP contribution in [-0.2, 0) is 16.0 Å². The number of nitroso groups, excluding NO2 is 1. The Morgan fingerprint density at radius 2 is 2.50 bits per heavy atom. The number of hydrogen-bond donors (Lipinski definition) is 0. The first-order valence-electron chi connectivity index (χ1n) is 5.83. The highest BCUT2D eigenvalue weighted by molar-refractivity contribution is 5.87. The second-order valence-corrected chi connectivity index (χ2v) is 4.07. The summed E-state index contributed by atoms with van der Waals surface area (Å²) in [7, 11) is 1.30. The van der Waals surface area contributed by atoms with Crippen molar-refractivity contribution in [3.05, 3.63) is 22.4 Å². The molecule has 98 valence electrons. The highest BCUT2D eigenvalue weighted by Gasteiger charge is 2.24. The van der Waals surface area contributed by atoms with Gasteiger partial charge in [0, 0.05) is 6.61 Å². The number of aromatic nitrogens is 2. The smallest absolute Gasteiger partial charge is 0.356 e. The van der Waals surface area contributed by atoms with Gasteiger partial charge >= 0.3 is 5.97 Å². The van der Waals surface area contributed by atoms with Crippen LogP contribution in [0.1, 0.15) is 41.7 Å². The van der Waals surface area contributed by atoms with E-state index in [2.05, 4.69) is 10.3 Å². The summed E-state index contributed by atoms with van der Waals surface area (Å²) in [6.07, 6.45) is 2.55. The lowest BCUT2D eigenvalue weighted by Gasteiger charge is -2.23. The molecule has 0 radical (unpaired) electrons. The lowest BCUT2D eigenvalue weighted by atomic mass is 10.2. The molecule has 1 saturated heterocycles. The molecule has 7 nitrogen and oxygen atoms in total. The summed E-state index contributed by atoms with van der Waals surface area (Å²) in [6.45, 7) is 0.579. The van der Waals surface area contributed by atoms with Crippen molar-refractivity contribution in [3.63, 3.8) is 0 Å². The molecule has 1 fully saturated rings. The average Bonchev–Trinajstić information content (AvgIpc) is 2.83. The Morgan fingerprint density at radius 1 is 1.67 bits per heavy atom. The van der Waals surface area contributed by atoms with E-state index >= 15 is 0 Å². The van der Waals surface area contributed by atoms with E-state index in [1.54, 1.807) is 0 Å². The van der Waals surface area contributed by atoms with E-state index in [0.717, 1.165) is 19.3 Å². The van der Waals surface area contributed by atoms with Crippen LogP contribution in [0.25, 0.3) is 0 Å². The summed E-state index contributed by atoms with van der Waals surface area (Å²) < 4.78 is 11.8.